The van der Waals surface area contributed by atoms with Gasteiger partial charge in [-0.25, -0.2) is 4.98 Å². The molecule has 3 aromatic carbocycles. The summed E-state index contributed by atoms with van der Waals surface area (Å²) in [5, 5.41) is 17.7. The molecule has 186 valence electrons. The van der Waals surface area contributed by atoms with E-state index in [-0.39, 0.29) is 23.4 Å². The summed E-state index contributed by atoms with van der Waals surface area (Å²) in [5.74, 6) is 0.557. The van der Waals surface area contributed by atoms with Crippen LogP contribution in [0.1, 0.15) is 25.8 Å². The summed E-state index contributed by atoms with van der Waals surface area (Å²) in [6.45, 7) is 3.74. The molecular weight excluding hydrogens is 496 g/mol. The van der Waals surface area contributed by atoms with Gasteiger partial charge in [0.15, 0.2) is 5.76 Å². The lowest BCUT2D eigenvalue weighted by Gasteiger charge is -2.14. The van der Waals surface area contributed by atoms with Crippen molar-refractivity contribution in [3.05, 3.63) is 97.8 Å². The summed E-state index contributed by atoms with van der Waals surface area (Å²) < 4.78 is 13.0. The molecule has 0 saturated heterocycles. The van der Waals surface area contributed by atoms with Gasteiger partial charge in [-0.1, -0.05) is 36.7 Å². The third kappa shape index (κ3) is 4.68. The highest BCUT2D eigenvalue weighted by Gasteiger charge is 2.21. The second kappa shape index (κ2) is 9.87. The first-order valence-corrected chi connectivity index (χ1v) is 11.9. The molecule has 5 aromatic rings. The molecule has 37 heavy (non-hydrogen) atoms. The Bertz CT molecular complexity index is 1740. The molecule has 10 heteroatoms. The third-order valence-corrected chi connectivity index (χ3v) is 6.12. The first-order valence-electron chi connectivity index (χ1n) is 11.6. The lowest BCUT2D eigenvalue weighted by molar-refractivity contribution is -0.386. The van der Waals surface area contributed by atoms with Crippen LogP contribution in [-0.4, -0.2) is 26.9 Å². The number of hydrogen-bond acceptors (Lipinski definition) is 7. The van der Waals surface area contributed by atoms with E-state index < -0.39 is 10.5 Å². The normalized spacial score (nSPS) is 12.4. The molecular formula is C27H21ClN4O5. The highest BCUT2D eigenvalue weighted by molar-refractivity contribution is 6.31. The van der Waals surface area contributed by atoms with Crippen LogP contribution in [0.15, 0.2) is 81.0 Å². The van der Waals surface area contributed by atoms with Crippen LogP contribution in [0.2, 0.25) is 5.02 Å². The molecule has 0 aliphatic rings. The lowest BCUT2D eigenvalue weighted by atomic mass is 10.2. The molecule has 0 N–H and O–H groups in total. The Hall–Kier alpha value is -4.50. The number of aromatic nitrogens is 2. The molecule has 1 atom stereocenters. The van der Waals surface area contributed by atoms with E-state index >= 15 is 0 Å². The largest absolute Gasteiger partial charge is 0.483 e. The molecule has 0 unspecified atom stereocenters. The van der Waals surface area contributed by atoms with Crippen LogP contribution in [0.3, 0.4) is 0 Å². The Morgan fingerprint density at radius 2 is 2.00 bits per heavy atom. The van der Waals surface area contributed by atoms with Gasteiger partial charge in [-0.15, -0.1) is 0 Å². The fourth-order valence-corrected chi connectivity index (χ4v) is 4.02. The maximum absolute atomic E-state index is 13.5. The van der Waals surface area contributed by atoms with E-state index in [2.05, 4.69) is 10.1 Å². The summed E-state index contributed by atoms with van der Waals surface area (Å²) in [5.41, 5.74) is 0.772. The first-order chi connectivity index (χ1) is 17.9. The molecule has 9 nitrogen and oxygen atoms in total. The summed E-state index contributed by atoms with van der Waals surface area (Å²) in [7, 11) is 0. The molecule has 0 aliphatic heterocycles. The van der Waals surface area contributed by atoms with Crippen LogP contribution in [0.4, 0.5) is 5.69 Å². The standard InChI is InChI=1S/C27H21ClN4O5/c1-3-16(2)36-25-17(7-6-10-22(25)32(34)35)15-29-31-26(30-21-9-5-4-8-20(21)27(31)33)24-14-18-13-19(28)11-12-23(18)37-24/h4-16H,3H2,1-2H3/t16-/m0/s1. The summed E-state index contributed by atoms with van der Waals surface area (Å²) in [6, 6.07) is 18.4. The number of furan rings is 1. The monoisotopic (exact) mass is 516 g/mol. The Morgan fingerprint density at radius 1 is 1.19 bits per heavy atom. The SMILES string of the molecule is CC[C@H](C)Oc1c(C=Nn2c(-c3cc4cc(Cl)ccc4o3)nc3ccccc3c2=O)cccc1[N+](=O)[O-]. The number of rotatable bonds is 7. The van der Waals surface area contributed by atoms with Crippen molar-refractivity contribution < 1.29 is 14.1 Å². The van der Waals surface area contributed by atoms with Gasteiger partial charge < -0.3 is 9.15 Å². The molecule has 0 fully saturated rings. The minimum absolute atomic E-state index is 0.0762. The van der Waals surface area contributed by atoms with Gasteiger partial charge in [-0.05, 0) is 55.8 Å². The maximum Gasteiger partial charge on any atom is 0.311 e. The highest BCUT2D eigenvalue weighted by Crippen LogP contribution is 2.32. The topological polar surface area (TPSA) is 113 Å². The summed E-state index contributed by atoms with van der Waals surface area (Å²) in [6.07, 6.45) is 1.74. The van der Waals surface area contributed by atoms with Gasteiger partial charge in [0.1, 0.15) is 5.58 Å². The molecule has 0 saturated carbocycles. The molecule has 2 aromatic heterocycles. The quantitative estimate of drug-likeness (QED) is 0.140. The van der Waals surface area contributed by atoms with Crippen LogP contribution in [-0.2, 0) is 0 Å². The van der Waals surface area contributed by atoms with Crippen molar-refractivity contribution in [1.82, 2.24) is 9.66 Å². The molecule has 0 spiro atoms. The average Bonchev–Trinajstić information content (AvgIpc) is 3.31. The number of fused-ring (bicyclic) bond motifs is 2. The molecule has 0 amide bonds. The fraction of sp³-hybridized carbons (Fsp3) is 0.148. The zero-order valence-corrected chi connectivity index (χ0v) is 20.7. The molecule has 5 rings (SSSR count). The Morgan fingerprint density at radius 3 is 2.78 bits per heavy atom. The Labute approximate surface area is 215 Å². The van der Waals surface area contributed by atoms with E-state index in [0.717, 1.165) is 10.1 Å². The van der Waals surface area contributed by atoms with Crippen molar-refractivity contribution in [3.8, 4) is 17.3 Å². The lowest BCUT2D eigenvalue weighted by Crippen LogP contribution is -2.20. The average molecular weight is 517 g/mol. The van der Waals surface area contributed by atoms with Gasteiger partial charge in [0.05, 0.1) is 28.1 Å². The van der Waals surface area contributed by atoms with E-state index in [9.17, 15) is 14.9 Å². The summed E-state index contributed by atoms with van der Waals surface area (Å²) in [4.78, 5) is 29.3. The van der Waals surface area contributed by atoms with Gasteiger partial charge in [0.25, 0.3) is 5.56 Å². The number of para-hydroxylation sites is 2. The Kier molecular flexibility index (Phi) is 6.45. The number of benzene rings is 3. The van der Waals surface area contributed by atoms with Crippen LogP contribution in [0, 0.1) is 10.1 Å². The third-order valence-electron chi connectivity index (χ3n) is 5.88. The fourth-order valence-electron chi connectivity index (χ4n) is 3.84. The Balaban J connectivity index is 1.71. The molecule has 0 bridgehead atoms. The van der Waals surface area contributed by atoms with E-state index in [4.69, 9.17) is 20.8 Å². The first kappa shape index (κ1) is 24.2. The van der Waals surface area contributed by atoms with Gasteiger partial charge >= 0.3 is 5.69 Å². The van der Waals surface area contributed by atoms with Crippen LogP contribution in [0.5, 0.6) is 5.75 Å². The molecule has 0 aliphatic carbocycles. The predicted molar refractivity (Wildman–Crippen MR) is 143 cm³/mol. The maximum atomic E-state index is 13.5. The van der Waals surface area contributed by atoms with Crippen molar-refractivity contribution in [1.29, 1.82) is 0 Å². The minimum atomic E-state index is -0.510. The van der Waals surface area contributed by atoms with E-state index in [1.807, 2.05) is 13.8 Å². The zero-order valence-electron chi connectivity index (χ0n) is 19.9. The number of nitrogens with zero attached hydrogens (tertiary/aromatic N) is 4. The van der Waals surface area contributed by atoms with E-state index in [1.165, 1.54) is 18.3 Å². The van der Waals surface area contributed by atoms with Crippen molar-refractivity contribution in [3.63, 3.8) is 0 Å². The number of nitro groups is 1. The number of halogens is 1. The number of ether oxygens (including phenoxy) is 1. The van der Waals surface area contributed by atoms with Crippen LogP contribution >= 0.6 is 11.6 Å². The highest BCUT2D eigenvalue weighted by atomic mass is 35.5. The van der Waals surface area contributed by atoms with Gasteiger partial charge in [-0.2, -0.15) is 9.78 Å². The molecule has 0 radical (unpaired) electrons. The van der Waals surface area contributed by atoms with Crippen LogP contribution in [0.25, 0.3) is 33.5 Å². The minimum Gasteiger partial charge on any atom is -0.483 e. The van der Waals surface area contributed by atoms with Crippen molar-refractivity contribution in [2.75, 3.05) is 0 Å². The van der Waals surface area contributed by atoms with Gasteiger partial charge in [-0.3, -0.25) is 14.9 Å². The number of nitro benzene ring substituents is 1. The molecule has 2 heterocycles. The predicted octanol–water partition coefficient (Wildman–Crippen LogP) is 6.43. The summed E-state index contributed by atoms with van der Waals surface area (Å²) >= 11 is 6.13. The van der Waals surface area contributed by atoms with Crippen molar-refractivity contribution in [2.45, 2.75) is 26.4 Å². The zero-order chi connectivity index (χ0) is 26.1. The van der Waals surface area contributed by atoms with Crippen molar-refractivity contribution >= 4 is 45.4 Å². The van der Waals surface area contributed by atoms with Crippen LogP contribution < -0.4 is 10.3 Å². The van der Waals surface area contributed by atoms with Gasteiger partial charge in [0.2, 0.25) is 11.6 Å². The number of hydrogen-bond donors (Lipinski definition) is 0. The second-order valence-corrected chi connectivity index (χ2v) is 8.83. The smallest absolute Gasteiger partial charge is 0.311 e. The van der Waals surface area contributed by atoms with E-state index in [0.29, 0.717) is 39.3 Å². The van der Waals surface area contributed by atoms with Gasteiger partial charge in [0, 0.05) is 22.0 Å². The van der Waals surface area contributed by atoms with Crippen molar-refractivity contribution in [2.24, 2.45) is 5.10 Å². The van der Waals surface area contributed by atoms with E-state index in [1.54, 1.807) is 54.6 Å². The second-order valence-electron chi connectivity index (χ2n) is 8.40.